The lowest BCUT2D eigenvalue weighted by Gasteiger charge is -2.41. The van der Waals surface area contributed by atoms with Crippen molar-refractivity contribution in [1.82, 2.24) is 15.1 Å². The summed E-state index contributed by atoms with van der Waals surface area (Å²) in [7, 11) is 0. The molecule has 8 nitrogen and oxygen atoms in total. The molecule has 8 heteroatoms. The lowest BCUT2D eigenvalue weighted by molar-refractivity contribution is -0.136. The molecule has 5 rings (SSSR count). The van der Waals surface area contributed by atoms with E-state index in [0.29, 0.717) is 25.1 Å². The van der Waals surface area contributed by atoms with Gasteiger partial charge in [-0.3, -0.25) is 24.6 Å². The number of carbonyl (C=O) groups excluding carboxylic acids is 3. The van der Waals surface area contributed by atoms with Crippen LogP contribution in [0.5, 0.6) is 0 Å². The number of likely N-dealkylation sites (tertiary alicyclic amines) is 1. The summed E-state index contributed by atoms with van der Waals surface area (Å²) in [4.78, 5) is 40.8. The largest absolute Gasteiger partial charge is 0.380 e. The van der Waals surface area contributed by atoms with Crippen molar-refractivity contribution in [2.75, 3.05) is 19.8 Å². The molecule has 3 atom stereocenters. The van der Waals surface area contributed by atoms with E-state index in [9.17, 15) is 14.4 Å². The van der Waals surface area contributed by atoms with E-state index < -0.39 is 6.04 Å². The highest BCUT2D eigenvalue weighted by Gasteiger charge is 2.46. The summed E-state index contributed by atoms with van der Waals surface area (Å²) < 4.78 is 5.79. The maximum Gasteiger partial charge on any atom is 0.255 e. The molecule has 0 saturated carbocycles. The van der Waals surface area contributed by atoms with Crippen molar-refractivity contribution < 1.29 is 19.1 Å². The minimum absolute atomic E-state index is 0.000547. The number of imide groups is 1. The van der Waals surface area contributed by atoms with Gasteiger partial charge in [0.15, 0.2) is 0 Å². The van der Waals surface area contributed by atoms with Crippen molar-refractivity contribution in [1.29, 1.82) is 0 Å². The second-order valence-corrected chi connectivity index (χ2v) is 9.12. The summed E-state index contributed by atoms with van der Waals surface area (Å²) in [5, 5.41) is 2.35. The zero-order valence-electron chi connectivity index (χ0n) is 17.1. The predicted octanol–water partition coefficient (Wildman–Crippen LogP) is 0.530. The molecular weight excluding hydrogens is 384 g/mol. The Morgan fingerprint density at radius 1 is 1.27 bits per heavy atom. The van der Waals surface area contributed by atoms with Crippen molar-refractivity contribution in [3.05, 3.63) is 34.9 Å². The lowest BCUT2D eigenvalue weighted by Crippen LogP contribution is -2.52. The number of rotatable bonds is 3. The maximum absolute atomic E-state index is 13.1. The third kappa shape index (κ3) is 3.33. The molecule has 4 aliphatic rings. The van der Waals surface area contributed by atoms with E-state index in [0.717, 1.165) is 50.1 Å². The Hall–Kier alpha value is -2.29. The summed E-state index contributed by atoms with van der Waals surface area (Å²) in [6.07, 6.45) is 3.73. The quantitative estimate of drug-likeness (QED) is 0.702. The summed E-state index contributed by atoms with van der Waals surface area (Å²) in [5.74, 6) is -0.778. The highest BCUT2D eigenvalue weighted by Crippen LogP contribution is 2.37. The van der Waals surface area contributed by atoms with E-state index >= 15 is 0 Å². The van der Waals surface area contributed by atoms with Gasteiger partial charge < -0.3 is 15.4 Å². The van der Waals surface area contributed by atoms with Crippen LogP contribution in [-0.4, -0.2) is 64.9 Å². The van der Waals surface area contributed by atoms with Crippen molar-refractivity contribution >= 4 is 17.7 Å². The van der Waals surface area contributed by atoms with E-state index in [1.165, 1.54) is 0 Å². The van der Waals surface area contributed by atoms with Crippen LogP contribution >= 0.6 is 0 Å². The van der Waals surface area contributed by atoms with Gasteiger partial charge in [0.25, 0.3) is 5.91 Å². The van der Waals surface area contributed by atoms with Crippen molar-refractivity contribution in [3.8, 4) is 0 Å². The van der Waals surface area contributed by atoms with Crippen molar-refractivity contribution in [2.45, 2.75) is 62.8 Å². The standard InChI is InChI=1S/C22H28N4O4/c23-16-9-22(6-1-7-30-13-22)25(12-16)10-14-2-3-15-11-26(21(29)17(15)8-14)18-4-5-19(27)24-20(18)28/h2-3,8,16,18H,1,4-7,9-13,23H2,(H,24,27,28). The Morgan fingerprint density at radius 3 is 2.90 bits per heavy atom. The minimum Gasteiger partial charge on any atom is -0.380 e. The van der Waals surface area contributed by atoms with E-state index in [-0.39, 0.29) is 35.7 Å². The molecule has 3 fully saturated rings. The van der Waals surface area contributed by atoms with E-state index in [2.05, 4.69) is 16.3 Å². The molecular formula is C22H28N4O4. The number of hydrogen-bond acceptors (Lipinski definition) is 6. The van der Waals surface area contributed by atoms with Crippen LogP contribution in [-0.2, 0) is 27.4 Å². The van der Waals surface area contributed by atoms with Gasteiger partial charge in [-0.2, -0.15) is 0 Å². The summed E-state index contributed by atoms with van der Waals surface area (Å²) in [6, 6.07) is 5.59. The fraction of sp³-hybridized carbons (Fsp3) is 0.591. The number of nitrogens with zero attached hydrogens (tertiary/aromatic N) is 2. The molecule has 1 spiro atoms. The zero-order valence-corrected chi connectivity index (χ0v) is 17.1. The second-order valence-electron chi connectivity index (χ2n) is 9.12. The number of ether oxygens (including phenoxy) is 1. The predicted molar refractivity (Wildman–Crippen MR) is 108 cm³/mol. The number of piperidine rings is 1. The summed E-state index contributed by atoms with van der Waals surface area (Å²) >= 11 is 0. The normalized spacial score (nSPS) is 32.0. The van der Waals surface area contributed by atoms with E-state index in [4.69, 9.17) is 10.5 Å². The highest BCUT2D eigenvalue weighted by molar-refractivity contribution is 6.05. The van der Waals surface area contributed by atoms with Crippen LogP contribution in [0.25, 0.3) is 0 Å². The molecule has 160 valence electrons. The van der Waals surface area contributed by atoms with Crippen LogP contribution in [0.2, 0.25) is 0 Å². The highest BCUT2D eigenvalue weighted by atomic mass is 16.5. The molecule has 3 N–H and O–H groups in total. The number of hydrogen-bond donors (Lipinski definition) is 2. The Balaban J connectivity index is 1.34. The van der Waals surface area contributed by atoms with Crippen LogP contribution in [0.3, 0.4) is 0 Å². The zero-order chi connectivity index (χ0) is 20.9. The SMILES string of the molecule is NC1CN(Cc2ccc3c(c2)C(=O)N(C2CCC(=O)NC2=O)C3)C2(CCCOC2)C1. The van der Waals surface area contributed by atoms with Gasteiger partial charge in [-0.05, 0) is 42.9 Å². The third-order valence-electron chi connectivity index (χ3n) is 7.04. The molecule has 4 heterocycles. The number of amides is 3. The van der Waals surface area contributed by atoms with Crippen LogP contribution < -0.4 is 11.1 Å². The Kier molecular flexibility index (Phi) is 4.88. The molecule has 3 saturated heterocycles. The van der Waals surface area contributed by atoms with Gasteiger partial charge in [0, 0.05) is 49.8 Å². The number of fused-ring (bicyclic) bond motifs is 1. The van der Waals surface area contributed by atoms with Crippen LogP contribution in [0, 0.1) is 0 Å². The summed E-state index contributed by atoms with van der Waals surface area (Å²) in [6.45, 7) is 3.50. The topological polar surface area (TPSA) is 105 Å². The molecule has 1 aromatic rings. The minimum atomic E-state index is -0.578. The van der Waals surface area contributed by atoms with Gasteiger partial charge >= 0.3 is 0 Å². The molecule has 0 aliphatic carbocycles. The molecule has 0 radical (unpaired) electrons. The molecule has 3 amide bonds. The smallest absolute Gasteiger partial charge is 0.255 e. The third-order valence-corrected chi connectivity index (χ3v) is 7.04. The number of nitrogens with two attached hydrogens (primary N) is 1. The van der Waals surface area contributed by atoms with Crippen LogP contribution in [0.1, 0.15) is 53.6 Å². The van der Waals surface area contributed by atoms with Crippen LogP contribution in [0.15, 0.2) is 18.2 Å². The van der Waals surface area contributed by atoms with E-state index in [1.54, 1.807) is 4.90 Å². The number of benzene rings is 1. The van der Waals surface area contributed by atoms with Gasteiger partial charge in [0.2, 0.25) is 11.8 Å². The molecule has 4 aliphatic heterocycles. The second kappa shape index (κ2) is 7.44. The van der Waals surface area contributed by atoms with Crippen molar-refractivity contribution in [2.24, 2.45) is 5.73 Å². The first-order chi connectivity index (χ1) is 14.4. The Bertz CT molecular complexity index is 895. The van der Waals surface area contributed by atoms with Gasteiger partial charge in [0.05, 0.1) is 6.61 Å². The van der Waals surface area contributed by atoms with Crippen LogP contribution in [0.4, 0.5) is 0 Å². The average Bonchev–Trinajstić information content (AvgIpc) is 3.19. The maximum atomic E-state index is 13.1. The van der Waals surface area contributed by atoms with E-state index in [1.807, 2.05) is 12.1 Å². The molecule has 0 bridgehead atoms. The fourth-order valence-corrected chi connectivity index (χ4v) is 5.56. The van der Waals surface area contributed by atoms with Gasteiger partial charge in [-0.1, -0.05) is 12.1 Å². The number of nitrogens with one attached hydrogen (secondary N) is 1. The van der Waals surface area contributed by atoms with Gasteiger partial charge in [-0.15, -0.1) is 0 Å². The first kappa shape index (κ1) is 19.7. The molecule has 3 unspecified atom stereocenters. The molecule has 1 aromatic carbocycles. The monoisotopic (exact) mass is 412 g/mol. The molecule has 30 heavy (non-hydrogen) atoms. The van der Waals surface area contributed by atoms with Crippen molar-refractivity contribution in [3.63, 3.8) is 0 Å². The molecule has 0 aromatic heterocycles. The lowest BCUT2D eigenvalue weighted by atomic mass is 9.88. The van der Waals surface area contributed by atoms with Gasteiger partial charge in [-0.25, -0.2) is 0 Å². The Labute approximate surface area is 175 Å². The average molecular weight is 412 g/mol. The number of carbonyl (C=O) groups is 3. The first-order valence-electron chi connectivity index (χ1n) is 10.8. The Morgan fingerprint density at radius 2 is 2.13 bits per heavy atom. The first-order valence-corrected chi connectivity index (χ1v) is 10.8. The fourth-order valence-electron chi connectivity index (χ4n) is 5.56. The van der Waals surface area contributed by atoms with Gasteiger partial charge in [0.1, 0.15) is 6.04 Å². The summed E-state index contributed by atoms with van der Waals surface area (Å²) in [5.41, 5.74) is 8.97.